The molecule has 0 amide bonds. The van der Waals surface area contributed by atoms with E-state index in [4.69, 9.17) is 0 Å². The Morgan fingerprint density at radius 1 is 1.30 bits per heavy atom. The fraction of sp³-hybridized carbons (Fsp3) is 0.500. The Labute approximate surface area is 145 Å². The molecule has 126 valence electrons. The van der Waals surface area contributed by atoms with Crippen LogP contribution in [0.4, 0.5) is 0 Å². The zero-order valence-corrected chi connectivity index (χ0v) is 15.1. The largest absolute Gasteiger partial charge is 0.316 e. The van der Waals surface area contributed by atoms with Crippen molar-refractivity contribution >= 4 is 12.4 Å². The van der Waals surface area contributed by atoms with Crippen molar-refractivity contribution in [2.45, 2.75) is 32.4 Å². The van der Waals surface area contributed by atoms with E-state index in [0.29, 0.717) is 6.04 Å². The van der Waals surface area contributed by atoms with E-state index >= 15 is 0 Å². The molecular formula is C18H27ClN4. The summed E-state index contributed by atoms with van der Waals surface area (Å²) in [6.45, 7) is 5.49. The number of likely N-dealkylation sites (tertiary alicyclic amines) is 1. The van der Waals surface area contributed by atoms with Gasteiger partial charge < -0.3 is 5.32 Å². The molecule has 0 aliphatic carbocycles. The second kappa shape index (κ2) is 7.95. The van der Waals surface area contributed by atoms with Crippen molar-refractivity contribution in [3.63, 3.8) is 0 Å². The quantitative estimate of drug-likeness (QED) is 0.933. The lowest BCUT2D eigenvalue weighted by Gasteiger charge is -2.33. The third-order valence-corrected chi connectivity index (χ3v) is 4.67. The summed E-state index contributed by atoms with van der Waals surface area (Å²) in [6, 6.07) is 9.51. The first-order valence-corrected chi connectivity index (χ1v) is 8.15. The van der Waals surface area contributed by atoms with Gasteiger partial charge in [0, 0.05) is 37.9 Å². The van der Waals surface area contributed by atoms with Gasteiger partial charge in [0.2, 0.25) is 0 Å². The third kappa shape index (κ3) is 4.14. The zero-order chi connectivity index (χ0) is 15.5. The van der Waals surface area contributed by atoms with E-state index in [1.54, 1.807) is 0 Å². The van der Waals surface area contributed by atoms with E-state index < -0.39 is 0 Å². The molecule has 0 radical (unpaired) electrons. The summed E-state index contributed by atoms with van der Waals surface area (Å²) in [7, 11) is 4.08. The van der Waals surface area contributed by atoms with Gasteiger partial charge in [-0.05, 0) is 51.1 Å². The van der Waals surface area contributed by atoms with Crippen molar-refractivity contribution in [3.8, 4) is 11.3 Å². The van der Waals surface area contributed by atoms with Crippen molar-refractivity contribution in [1.82, 2.24) is 20.0 Å². The lowest BCUT2D eigenvalue weighted by Crippen LogP contribution is -2.43. The summed E-state index contributed by atoms with van der Waals surface area (Å²) in [4.78, 5) is 2.56. The summed E-state index contributed by atoms with van der Waals surface area (Å²) in [5, 5.41) is 7.75. The minimum atomic E-state index is 0. The molecule has 2 aromatic rings. The van der Waals surface area contributed by atoms with Crippen LogP contribution in [0.1, 0.15) is 24.0 Å². The SMILES string of the molecule is CNC1CCCN(Cc2ccc(C)cc2-c2ccnn2C)C1.Cl. The van der Waals surface area contributed by atoms with Gasteiger partial charge in [0.1, 0.15) is 0 Å². The average Bonchev–Trinajstić information content (AvgIpc) is 2.95. The summed E-state index contributed by atoms with van der Waals surface area (Å²) >= 11 is 0. The highest BCUT2D eigenvalue weighted by molar-refractivity contribution is 5.85. The van der Waals surface area contributed by atoms with E-state index in [1.165, 1.54) is 41.8 Å². The normalized spacial score (nSPS) is 18.7. The number of piperidine rings is 1. The maximum Gasteiger partial charge on any atom is 0.0682 e. The summed E-state index contributed by atoms with van der Waals surface area (Å²) in [5.74, 6) is 0. The maximum absolute atomic E-state index is 4.33. The third-order valence-electron chi connectivity index (χ3n) is 4.67. The van der Waals surface area contributed by atoms with Gasteiger partial charge in [0.05, 0.1) is 5.69 Å². The van der Waals surface area contributed by atoms with Crippen molar-refractivity contribution in [2.24, 2.45) is 7.05 Å². The Morgan fingerprint density at radius 2 is 2.13 bits per heavy atom. The number of nitrogens with one attached hydrogen (secondary N) is 1. The Balaban J connectivity index is 0.00000192. The van der Waals surface area contributed by atoms with Crippen molar-refractivity contribution in [2.75, 3.05) is 20.1 Å². The van der Waals surface area contributed by atoms with Crippen LogP contribution in [0.5, 0.6) is 0 Å². The van der Waals surface area contributed by atoms with E-state index in [1.807, 2.05) is 17.9 Å². The van der Waals surface area contributed by atoms with Crippen LogP contribution in [0.3, 0.4) is 0 Å². The molecule has 1 aliphatic heterocycles. The minimum Gasteiger partial charge on any atom is -0.316 e. The van der Waals surface area contributed by atoms with Crippen molar-refractivity contribution in [1.29, 1.82) is 0 Å². The van der Waals surface area contributed by atoms with Crippen molar-refractivity contribution in [3.05, 3.63) is 41.6 Å². The fourth-order valence-electron chi connectivity index (χ4n) is 3.38. The van der Waals surface area contributed by atoms with E-state index in [-0.39, 0.29) is 12.4 Å². The monoisotopic (exact) mass is 334 g/mol. The van der Waals surface area contributed by atoms with Gasteiger partial charge in [-0.15, -0.1) is 12.4 Å². The topological polar surface area (TPSA) is 33.1 Å². The van der Waals surface area contributed by atoms with Gasteiger partial charge in [0.15, 0.2) is 0 Å². The number of nitrogens with zero attached hydrogens (tertiary/aromatic N) is 3. The molecule has 1 aromatic carbocycles. The highest BCUT2D eigenvalue weighted by atomic mass is 35.5. The second-order valence-corrected chi connectivity index (χ2v) is 6.36. The molecule has 2 heterocycles. The van der Waals surface area contributed by atoms with Crippen LogP contribution in [0.2, 0.25) is 0 Å². The number of benzene rings is 1. The molecule has 0 saturated carbocycles. The lowest BCUT2D eigenvalue weighted by atomic mass is 9.99. The lowest BCUT2D eigenvalue weighted by molar-refractivity contribution is 0.188. The summed E-state index contributed by atoms with van der Waals surface area (Å²) in [5.41, 5.74) is 5.20. The second-order valence-electron chi connectivity index (χ2n) is 6.36. The standard InChI is InChI=1S/C18H26N4.ClH/c1-14-6-7-15(12-22-10-4-5-16(13-22)19-2)17(11-14)18-8-9-20-21(18)3;/h6-9,11,16,19H,4-5,10,12-13H2,1-3H3;1H. The average molecular weight is 335 g/mol. The summed E-state index contributed by atoms with van der Waals surface area (Å²) < 4.78 is 1.96. The van der Waals surface area contributed by atoms with Gasteiger partial charge in [-0.2, -0.15) is 5.10 Å². The van der Waals surface area contributed by atoms with E-state index in [9.17, 15) is 0 Å². The zero-order valence-electron chi connectivity index (χ0n) is 14.2. The predicted molar refractivity (Wildman–Crippen MR) is 98.0 cm³/mol. The molecular weight excluding hydrogens is 308 g/mol. The van der Waals surface area contributed by atoms with Crippen LogP contribution in [-0.2, 0) is 13.6 Å². The van der Waals surface area contributed by atoms with Crippen LogP contribution in [-0.4, -0.2) is 40.9 Å². The van der Waals surface area contributed by atoms with Crippen LogP contribution in [0.25, 0.3) is 11.3 Å². The number of rotatable bonds is 4. The van der Waals surface area contributed by atoms with Gasteiger partial charge >= 0.3 is 0 Å². The van der Waals surface area contributed by atoms with Crippen molar-refractivity contribution < 1.29 is 0 Å². The predicted octanol–water partition coefficient (Wildman–Crippen LogP) is 3.00. The number of halogens is 1. The molecule has 1 aromatic heterocycles. The molecule has 1 N–H and O–H groups in total. The fourth-order valence-corrected chi connectivity index (χ4v) is 3.38. The Morgan fingerprint density at radius 3 is 2.83 bits per heavy atom. The number of hydrogen-bond donors (Lipinski definition) is 1. The van der Waals surface area contributed by atoms with Crippen LogP contribution in [0.15, 0.2) is 30.5 Å². The number of hydrogen-bond acceptors (Lipinski definition) is 3. The molecule has 1 atom stereocenters. The molecule has 3 rings (SSSR count). The molecule has 1 aliphatic rings. The molecule has 23 heavy (non-hydrogen) atoms. The minimum absolute atomic E-state index is 0. The van der Waals surface area contributed by atoms with E-state index in [2.05, 4.69) is 53.6 Å². The van der Waals surface area contributed by atoms with Gasteiger partial charge in [-0.25, -0.2) is 0 Å². The number of aromatic nitrogens is 2. The molecule has 0 bridgehead atoms. The molecule has 5 heteroatoms. The van der Waals surface area contributed by atoms with E-state index in [0.717, 1.165) is 13.1 Å². The molecule has 1 saturated heterocycles. The molecule has 1 fully saturated rings. The highest BCUT2D eigenvalue weighted by Gasteiger charge is 2.20. The number of aryl methyl sites for hydroxylation is 2. The smallest absolute Gasteiger partial charge is 0.0682 e. The Bertz CT molecular complexity index is 638. The molecule has 4 nitrogen and oxygen atoms in total. The Hall–Kier alpha value is -1.36. The summed E-state index contributed by atoms with van der Waals surface area (Å²) in [6.07, 6.45) is 4.44. The highest BCUT2D eigenvalue weighted by Crippen LogP contribution is 2.26. The first-order chi connectivity index (χ1) is 10.7. The van der Waals surface area contributed by atoms with Gasteiger partial charge in [-0.3, -0.25) is 9.58 Å². The van der Waals surface area contributed by atoms with Crippen LogP contribution >= 0.6 is 12.4 Å². The number of likely N-dealkylation sites (N-methyl/N-ethyl adjacent to an activating group) is 1. The van der Waals surface area contributed by atoms with Crippen LogP contribution in [0, 0.1) is 6.92 Å². The van der Waals surface area contributed by atoms with Gasteiger partial charge in [0.25, 0.3) is 0 Å². The first kappa shape index (κ1) is 18.0. The molecule has 1 unspecified atom stereocenters. The van der Waals surface area contributed by atoms with Crippen LogP contribution < -0.4 is 5.32 Å². The molecule has 0 spiro atoms. The Kier molecular flexibility index (Phi) is 6.22. The first-order valence-electron chi connectivity index (χ1n) is 8.15. The maximum atomic E-state index is 4.33. The van der Waals surface area contributed by atoms with Gasteiger partial charge in [-0.1, -0.05) is 17.7 Å².